The molecule has 1 aliphatic rings. The normalized spacial score (nSPS) is 21.3. The quantitative estimate of drug-likeness (QED) is 0.897. The third-order valence-corrected chi connectivity index (χ3v) is 4.54. The molecule has 122 valence electrons. The van der Waals surface area contributed by atoms with Crippen LogP contribution < -0.4 is 5.32 Å². The molecule has 2 heterocycles. The predicted octanol–water partition coefficient (Wildman–Crippen LogP) is 1.65. The van der Waals surface area contributed by atoms with E-state index in [0.717, 1.165) is 16.7 Å². The molecule has 0 unspecified atom stereocenters. The molecule has 0 saturated heterocycles. The van der Waals surface area contributed by atoms with Gasteiger partial charge in [-0.3, -0.25) is 14.3 Å². The lowest BCUT2D eigenvalue weighted by molar-refractivity contribution is -0.142. The summed E-state index contributed by atoms with van der Waals surface area (Å²) in [5, 5.41) is 17.2. The number of carboxylic acid groups (broad SMARTS) is 1. The molecular formula is C16H20N4O3. The maximum Gasteiger partial charge on any atom is 0.306 e. The number of aromatic nitrogens is 3. The first kappa shape index (κ1) is 15.5. The first-order chi connectivity index (χ1) is 11.0. The molecule has 23 heavy (non-hydrogen) atoms. The first-order valence-electron chi connectivity index (χ1n) is 7.78. The van der Waals surface area contributed by atoms with E-state index in [2.05, 4.69) is 15.4 Å². The smallest absolute Gasteiger partial charge is 0.306 e. The standard InChI is InChI=1S/C16H20N4O3/c1-9-13-7-11(8-17-14(13)20(2)19-9)15(21)18-12-5-3-10(4-6-12)16(22)23/h7-8,10,12H,3-6H2,1-2H3,(H,18,21)(H,22,23). The second-order valence-electron chi connectivity index (χ2n) is 6.16. The second kappa shape index (κ2) is 5.98. The summed E-state index contributed by atoms with van der Waals surface area (Å²) in [5.74, 6) is -1.18. The fraction of sp³-hybridized carbons (Fsp3) is 0.500. The summed E-state index contributed by atoms with van der Waals surface area (Å²) in [4.78, 5) is 27.7. The molecule has 2 aromatic heterocycles. The SMILES string of the molecule is Cc1nn(C)c2ncc(C(=O)NC3CCC(C(=O)O)CC3)cc12. The number of rotatable bonds is 3. The Hall–Kier alpha value is -2.44. The maximum absolute atomic E-state index is 12.4. The van der Waals surface area contributed by atoms with Gasteiger partial charge in [0.05, 0.1) is 17.2 Å². The van der Waals surface area contributed by atoms with Crippen LogP contribution in [0.4, 0.5) is 0 Å². The summed E-state index contributed by atoms with van der Waals surface area (Å²) in [6.07, 6.45) is 4.18. The number of pyridine rings is 1. The highest BCUT2D eigenvalue weighted by Gasteiger charge is 2.27. The molecule has 0 aliphatic heterocycles. The number of aliphatic carboxylic acids is 1. The topological polar surface area (TPSA) is 97.1 Å². The molecule has 0 atom stereocenters. The van der Waals surface area contributed by atoms with Gasteiger partial charge in [-0.2, -0.15) is 5.10 Å². The highest BCUT2D eigenvalue weighted by Crippen LogP contribution is 2.25. The average Bonchev–Trinajstić information content (AvgIpc) is 2.82. The molecule has 1 aliphatic carbocycles. The van der Waals surface area contributed by atoms with Crippen LogP contribution in [-0.4, -0.2) is 37.8 Å². The van der Waals surface area contributed by atoms with Crippen LogP contribution in [0, 0.1) is 12.8 Å². The number of hydrogen-bond acceptors (Lipinski definition) is 4. The van der Waals surface area contributed by atoms with Gasteiger partial charge in [-0.25, -0.2) is 4.98 Å². The van der Waals surface area contributed by atoms with Gasteiger partial charge in [0.25, 0.3) is 5.91 Å². The third-order valence-electron chi connectivity index (χ3n) is 4.54. The molecular weight excluding hydrogens is 296 g/mol. The van der Waals surface area contributed by atoms with E-state index in [0.29, 0.717) is 31.2 Å². The highest BCUT2D eigenvalue weighted by molar-refractivity contribution is 5.97. The lowest BCUT2D eigenvalue weighted by Crippen LogP contribution is -2.38. The Bertz CT molecular complexity index is 760. The number of carbonyl (C=O) groups is 2. The van der Waals surface area contributed by atoms with E-state index < -0.39 is 5.97 Å². The van der Waals surface area contributed by atoms with Gasteiger partial charge in [0.1, 0.15) is 0 Å². The first-order valence-corrected chi connectivity index (χ1v) is 7.78. The number of nitrogens with zero attached hydrogens (tertiary/aromatic N) is 3. The average molecular weight is 316 g/mol. The largest absolute Gasteiger partial charge is 0.481 e. The van der Waals surface area contributed by atoms with Gasteiger partial charge in [-0.05, 0) is 38.7 Å². The van der Waals surface area contributed by atoms with Crippen molar-refractivity contribution >= 4 is 22.9 Å². The van der Waals surface area contributed by atoms with Crippen molar-refractivity contribution < 1.29 is 14.7 Å². The molecule has 2 N–H and O–H groups in total. The molecule has 0 bridgehead atoms. The summed E-state index contributed by atoms with van der Waals surface area (Å²) in [6, 6.07) is 1.84. The summed E-state index contributed by atoms with van der Waals surface area (Å²) < 4.78 is 1.69. The third kappa shape index (κ3) is 3.04. The van der Waals surface area contributed by atoms with Crippen LogP contribution in [0.15, 0.2) is 12.3 Å². The zero-order chi connectivity index (χ0) is 16.6. The Kier molecular flexibility index (Phi) is 4.02. The van der Waals surface area contributed by atoms with Crippen molar-refractivity contribution in [1.29, 1.82) is 0 Å². The molecule has 0 aromatic carbocycles. The van der Waals surface area contributed by atoms with Gasteiger partial charge in [0, 0.05) is 24.7 Å². The lowest BCUT2D eigenvalue weighted by atomic mass is 9.86. The van der Waals surface area contributed by atoms with Crippen LogP contribution in [0.2, 0.25) is 0 Å². The van der Waals surface area contributed by atoms with Crippen LogP contribution >= 0.6 is 0 Å². The van der Waals surface area contributed by atoms with E-state index in [-0.39, 0.29) is 17.9 Å². The number of fused-ring (bicyclic) bond motifs is 1. The summed E-state index contributed by atoms with van der Waals surface area (Å²) in [7, 11) is 1.82. The second-order valence-corrected chi connectivity index (χ2v) is 6.16. The lowest BCUT2D eigenvalue weighted by Gasteiger charge is -2.26. The van der Waals surface area contributed by atoms with E-state index in [1.165, 1.54) is 0 Å². The molecule has 2 aromatic rings. The van der Waals surface area contributed by atoms with Crippen molar-refractivity contribution in [2.75, 3.05) is 0 Å². The maximum atomic E-state index is 12.4. The Labute approximate surface area is 133 Å². The van der Waals surface area contributed by atoms with Crippen molar-refractivity contribution in [3.63, 3.8) is 0 Å². The zero-order valence-corrected chi connectivity index (χ0v) is 13.2. The van der Waals surface area contributed by atoms with Gasteiger partial charge in [-0.1, -0.05) is 0 Å². The van der Waals surface area contributed by atoms with Crippen LogP contribution in [0.5, 0.6) is 0 Å². The summed E-state index contributed by atoms with van der Waals surface area (Å²) >= 11 is 0. The minimum Gasteiger partial charge on any atom is -0.481 e. The molecule has 1 fully saturated rings. The highest BCUT2D eigenvalue weighted by atomic mass is 16.4. The molecule has 1 amide bonds. The van der Waals surface area contributed by atoms with Crippen LogP contribution in [0.1, 0.15) is 41.7 Å². The Morgan fingerprint density at radius 1 is 1.30 bits per heavy atom. The molecule has 3 rings (SSSR count). The fourth-order valence-electron chi connectivity index (χ4n) is 3.19. The molecule has 7 heteroatoms. The van der Waals surface area contributed by atoms with E-state index in [1.54, 1.807) is 10.9 Å². The number of carboxylic acids is 1. The van der Waals surface area contributed by atoms with Crippen LogP contribution in [0.25, 0.3) is 11.0 Å². The molecule has 0 radical (unpaired) electrons. The minimum atomic E-state index is -0.739. The monoisotopic (exact) mass is 316 g/mol. The number of carbonyl (C=O) groups excluding carboxylic acids is 1. The Balaban J connectivity index is 1.69. The van der Waals surface area contributed by atoms with Crippen molar-refractivity contribution in [2.45, 2.75) is 38.6 Å². The van der Waals surface area contributed by atoms with Crippen LogP contribution in [0.3, 0.4) is 0 Å². The zero-order valence-electron chi connectivity index (χ0n) is 13.2. The van der Waals surface area contributed by atoms with Gasteiger partial charge >= 0.3 is 5.97 Å². The molecule has 0 spiro atoms. The number of amides is 1. The van der Waals surface area contributed by atoms with Gasteiger partial charge < -0.3 is 10.4 Å². The fourth-order valence-corrected chi connectivity index (χ4v) is 3.19. The Morgan fingerprint density at radius 2 is 2.00 bits per heavy atom. The van der Waals surface area contributed by atoms with E-state index >= 15 is 0 Å². The van der Waals surface area contributed by atoms with Gasteiger partial charge in [-0.15, -0.1) is 0 Å². The van der Waals surface area contributed by atoms with E-state index in [9.17, 15) is 9.59 Å². The summed E-state index contributed by atoms with van der Waals surface area (Å²) in [6.45, 7) is 1.89. The Morgan fingerprint density at radius 3 is 2.65 bits per heavy atom. The van der Waals surface area contributed by atoms with Crippen molar-refractivity contribution in [3.8, 4) is 0 Å². The van der Waals surface area contributed by atoms with Crippen molar-refractivity contribution in [1.82, 2.24) is 20.1 Å². The van der Waals surface area contributed by atoms with Crippen LogP contribution in [-0.2, 0) is 11.8 Å². The van der Waals surface area contributed by atoms with E-state index in [1.807, 2.05) is 20.0 Å². The number of hydrogen-bond donors (Lipinski definition) is 2. The van der Waals surface area contributed by atoms with Gasteiger partial charge in [0.2, 0.25) is 0 Å². The molecule has 1 saturated carbocycles. The number of nitrogens with one attached hydrogen (secondary N) is 1. The summed E-state index contributed by atoms with van der Waals surface area (Å²) in [5.41, 5.74) is 2.10. The van der Waals surface area contributed by atoms with Crippen molar-refractivity contribution in [2.24, 2.45) is 13.0 Å². The molecule has 7 nitrogen and oxygen atoms in total. The minimum absolute atomic E-state index is 0.0313. The van der Waals surface area contributed by atoms with Gasteiger partial charge in [0.15, 0.2) is 5.65 Å². The van der Waals surface area contributed by atoms with Crippen molar-refractivity contribution in [3.05, 3.63) is 23.5 Å². The predicted molar refractivity (Wildman–Crippen MR) is 84.1 cm³/mol. The van der Waals surface area contributed by atoms with E-state index in [4.69, 9.17) is 5.11 Å². The number of aryl methyl sites for hydroxylation is 2.